The molecule has 102 valence electrons. The highest BCUT2D eigenvalue weighted by Crippen LogP contribution is 2.36. The fourth-order valence-electron chi connectivity index (χ4n) is 3.32. The third-order valence-electron chi connectivity index (χ3n) is 4.37. The van der Waals surface area contributed by atoms with Crippen LogP contribution in [-0.4, -0.2) is 5.78 Å². The maximum atomic E-state index is 11.3. The van der Waals surface area contributed by atoms with Crippen molar-refractivity contribution in [2.75, 3.05) is 0 Å². The van der Waals surface area contributed by atoms with Crippen LogP contribution < -0.4 is 0 Å². The molecule has 4 aromatic carbocycles. The van der Waals surface area contributed by atoms with E-state index in [0.717, 1.165) is 6.42 Å². The summed E-state index contributed by atoms with van der Waals surface area (Å²) in [5.41, 5.74) is 1.27. The summed E-state index contributed by atoms with van der Waals surface area (Å²) in [6, 6.07) is 19.6. The quantitative estimate of drug-likeness (QED) is 0.474. The van der Waals surface area contributed by atoms with E-state index in [9.17, 15) is 4.79 Å². The highest BCUT2D eigenvalue weighted by Gasteiger charge is 2.10. The minimum atomic E-state index is 0.251. The first-order chi connectivity index (χ1) is 10.2. The third-order valence-corrected chi connectivity index (χ3v) is 4.37. The van der Waals surface area contributed by atoms with Gasteiger partial charge < -0.3 is 4.79 Å². The molecule has 21 heavy (non-hydrogen) atoms. The minimum Gasteiger partial charge on any atom is -0.300 e. The van der Waals surface area contributed by atoms with Crippen LogP contribution in [0.2, 0.25) is 0 Å². The molecule has 0 N–H and O–H groups in total. The number of rotatable bonds is 3. The molecule has 0 aliphatic rings. The van der Waals surface area contributed by atoms with Crippen LogP contribution in [0.1, 0.15) is 18.9 Å². The molecule has 0 aliphatic heterocycles. The van der Waals surface area contributed by atoms with Crippen molar-refractivity contribution in [3.05, 3.63) is 60.2 Å². The Labute approximate surface area is 123 Å². The number of ketones is 1. The lowest BCUT2D eigenvalue weighted by Gasteiger charge is -2.13. The lowest BCUT2D eigenvalue weighted by Crippen LogP contribution is -1.95. The topological polar surface area (TPSA) is 17.1 Å². The summed E-state index contributed by atoms with van der Waals surface area (Å²) in [5, 5.41) is 7.83. The normalized spacial score (nSPS) is 11.7. The molecule has 0 amide bonds. The molecule has 0 spiro atoms. The van der Waals surface area contributed by atoms with Gasteiger partial charge in [-0.3, -0.25) is 0 Å². The van der Waals surface area contributed by atoms with E-state index in [-0.39, 0.29) is 5.78 Å². The van der Waals surface area contributed by atoms with Crippen molar-refractivity contribution in [1.82, 2.24) is 0 Å². The maximum absolute atomic E-state index is 11.3. The number of carbonyl (C=O) groups excluding carboxylic acids is 1. The fourth-order valence-corrected chi connectivity index (χ4v) is 3.32. The van der Waals surface area contributed by atoms with E-state index < -0.39 is 0 Å². The van der Waals surface area contributed by atoms with Crippen molar-refractivity contribution in [3.8, 4) is 0 Å². The SMILES string of the molecule is CC(=O)CCc1ccc2ccc3cccc4ccc1c2c34. The van der Waals surface area contributed by atoms with E-state index in [1.54, 1.807) is 6.92 Å². The van der Waals surface area contributed by atoms with Gasteiger partial charge in [0.1, 0.15) is 5.78 Å². The zero-order valence-corrected chi connectivity index (χ0v) is 12.0. The molecule has 4 aromatic rings. The molecule has 0 saturated carbocycles. The zero-order chi connectivity index (χ0) is 14.4. The van der Waals surface area contributed by atoms with Gasteiger partial charge in [0, 0.05) is 6.42 Å². The molecular formula is C20H16O. The molecule has 0 aliphatic carbocycles. The number of hydrogen-bond donors (Lipinski definition) is 0. The van der Waals surface area contributed by atoms with E-state index in [1.807, 2.05) is 0 Å². The van der Waals surface area contributed by atoms with E-state index in [4.69, 9.17) is 0 Å². The van der Waals surface area contributed by atoms with Crippen LogP contribution in [0.3, 0.4) is 0 Å². The number of hydrogen-bond acceptors (Lipinski definition) is 1. The van der Waals surface area contributed by atoms with E-state index in [2.05, 4.69) is 54.6 Å². The summed E-state index contributed by atoms with van der Waals surface area (Å²) < 4.78 is 0. The second-order valence-electron chi connectivity index (χ2n) is 5.78. The summed E-state index contributed by atoms with van der Waals surface area (Å²) >= 11 is 0. The summed E-state index contributed by atoms with van der Waals surface area (Å²) in [5.74, 6) is 0.251. The number of aryl methyl sites for hydroxylation is 1. The highest BCUT2D eigenvalue weighted by molar-refractivity contribution is 6.23. The molecule has 0 bridgehead atoms. The molecule has 1 nitrogen and oxygen atoms in total. The van der Waals surface area contributed by atoms with Gasteiger partial charge in [-0.2, -0.15) is 0 Å². The Balaban J connectivity index is 2.08. The second kappa shape index (κ2) is 4.56. The van der Waals surface area contributed by atoms with Crippen molar-refractivity contribution in [1.29, 1.82) is 0 Å². The molecule has 0 heterocycles. The Morgan fingerprint density at radius 1 is 0.810 bits per heavy atom. The van der Waals surface area contributed by atoms with Gasteiger partial charge in [0.15, 0.2) is 0 Å². The van der Waals surface area contributed by atoms with E-state index in [0.29, 0.717) is 6.42 Å². The van der Waals surface area contributed by atoms with Crippen molar-refractivity contribution in [3.63, 3.8) is 0 Å². The average molecular weight is 272 g/mol. The number of Topliss-reactive ketones (excluding diaryl/α,β-unsaturated/α-hetero) is 1. The van der Waals surface area contributed by atoms with Crippen LogP contribution in [-0.2, 0) is 11.2 Å². The molecule has 4 rings (SSSR count). The Bertz CT molecular complexity index is 950. The minimum absolute atomic E-state index is 0.251. The maximum Gasteiger partial charge on any atom is 0.130 e. The van der Waals surface area contributed by atoms with Crippen LogP contribution in [0.15, 0.2) is 54.6 Å². The van der Waals surface area contributed by atoms with Gasteiger partial charge in [-0.15, -0.1) is 0 Å². The largest absolute Gasteiger partial charge is 0.300 e. The lowest BCUT2D eigenvalue weighted by molar-refractivity contribution is -0.116. The van der Waals surface area contributed by atoms with Gasteiger partial charge in [0.2, 0.25) is 0 Å². The first kappa shape index (κ1) is 12.3. The van der Waals surface area contributed by atoms with Crippen LogP contribution in [0.25, 0.3) is 32.3 Å². The molecule has 0 aromatic heterocycles. The van der Waals surface area contributed by atoms with Crippen molar-refractivity contribution in [2.24, 2.45) is 0 Å². The van der Waals surface area contributed by atoms with Gasteiger partial charge in [-0.1, -0.05) is 54.6 Å². The monoisotopic (exact) mass is 272 g/mol. The summed E-state index contributed by atoms with van der Waals surface area (Å²) in [7, 11) is 0. The number of carbonyl (C=O) groups is 1. The molecule has 0 unspecified atom stereocenters. The molecular weight excluding hydrogens is 256 g/mol. The average Bonchev–Trinajstić information content (AvgIpc) is 2.51. The van der Waals surface area contributed by atoms with Gasteiger partial charge in [-0.05, 0) is 51.2 Å². The Kier molecular flexibility index (Phi) is 2.68. The number of benzene rings is 4. The highest BCUT2D eigenvalue weighted by atomic mass is 16.1. The van der Waals surface area contributed by atoms with Gasteiger partial charge in [0.25, 0.3) is 0 Å². The zero-order valence-electron chi connectivity index (χ0n) is 12.0. The first-order valence-electron chi connectivity index (χ1n) is 7.39. The molecule has 1 heteroatoms. The van der Waals surface area contributed by atoms with Crippen LogP contribution in [0, 0.1) is 0 Å². The molecule has 0 fully saturated rings. The van der Waals surface area contributed by atoms with Crippen LogP contribution in [0.5, 0.6) is 0 Å². The standard InChI is InChI=1S/C20H16O/c1-13(21)5-6-14-7-8-17-10-9-15-3-2-4-16-11-12-18(14)20(17)19(15)16/h2-4,7-12H,5-6H2,1H3. The summed E-state index contributed by atoms with van der Waals surface area (Å²) in [6.07, 6.45) is 1.44. The smallest absolute Gasteiger partial charge is 0.130 e. The van der Waals surface area contributed by atoms with Gasteiger partial charge in [-0.25, -0.2) is 0 Å². The third kappa shape index (κ3) is 1.89. The Hall–Kier alpha value is -2.41. The van der Waals surface area contributed by atoms with Gasteiger partial charge >= 0.3 is 0 Å². The van der Waals surface area contributed by atoms with Crippen molar-refractivity contribution >= 4 is 38.1 Å². The second-order valence-corrected chi connectivity index (χ2v) is 5.78. The Morgan fingerprint density at radius 3 is 2.14 bits per heavy atom. The van der Waals surface area contributed by atoms with Gasteiger partial charge in [0.05, 0.1) is 0 Å². The van der Waals surface area contributed by atoms with Crippen LogP contribution >= 0.6 is 0 Å². The predicted octanol–water partition coefficient (Wildman–Crippen LogP) is 5.11. The summed E-state index contributed by atoms with van der Waals surface area (Å²) in [4.78, 5) is 11.3. The molecule has 0 atom stereocenters. The van der Waals surface area contributed by atoms with Crippen molar-refractivity contribution in [2.45, 2.75) is 19.8 Å². The Morgan fingerprint density at radius 2 is 1.43 bits per heavy atom. The molecule has 0 radical (unpaired) electrons. The van der Waals surface area contributed by atoms with E-state index >= 15 is 0 Å². The van der Waals surface area contributed by atoms with Crippen LogP contribution in [0.4, 0.5) is 0 Å². The first-order valence-corrected chi connectivity index (χ1v) is 7.39. The predicted molar refractivity (Wildman–Crippen MR) is 89.1 cm³/mol. The van der Waals surface area contributed by atoms with Crippen molar-refractivity contribution < 1.29 is 4.79 Å². The fraction of sp³-hybridized carbons (Fsp3) is 0.150. The lowest BCUT2D eigenvalue weighted by atomic mass is 9.90. The van der Waals surface area contributed by atoms with E-state index in [1.165, 1.54) is 37.9 Å². The molecule has 0 saturated heterocycles. The summed E-state index contributed by atoms with van der Waals surface area (Å²) in [6.45, 7) is 1.66.